The molecule has 0 bridgehead atoms. The Balaban J connectivity index is 0.0000152. The molecule has 0 N–H and O–H groups in total. The van der Waals surface area contributed by atoms with E-state index in [4.69, 9.17) is 31.7 Å². The van der Waals surface area contributed by atoms with E-state index in [9.17, 15) is 37.0 Å². The first-order chi connectivity index (χ1) is 67.8. The van der Waals surface area contributed by atoms with E-state index in [-0.39, 0.29) is 54.7 Å². The molecular weight excluding hydrogens is 1450 g/mol. The molecule has 0 spiro atoms. The van der Waals surface area contributed by atoms with Gasteiger partial charge in [-0.2, -0.15) is 18.2 Å². The number of rotatable bonds is 15. The van der Waals surface area contributed by atoms with Crippen LogP contribution < -0.4 is 30.1 Å². The Bertz CT molecular complexity index is 8130. The molecule has 5 nitrogen and oxygen atoms in total. The van der Waals surface area contributed by atoms with Crippen molar-refractivity contribution in [1.29, 1.82) is 0 Å². The molecule has 0 saturated heterocycles. The summed E-state index contributed by atoms with van der Waals surface area (Å²) in [5.41, 5.74) is -12.6. The number of pyridine rings is 1. The summed E-state index contributed by atoms with van der Waals surface area (Å²) in [6.07, 6.45) is 4.87. The zero-order valence-corrected chi connectivity index (χ0v) is 57.3. The van der Waals surface area contributed by atoms with Crippen molar-refractivity contribution in [2.75, 3.05) is 0 Å². The summed E-state index contributed by atoms with van der Waals surface area (Å²) in [5, 5.41) is -4.02. The number of aromatic nitrogens is 4. The number of aryl methyl sites for hydroxylation is 2. The van der Waals surface area contributed by atoms with Gasteiger partial charge in [0, 0.05) is 52.5 Å². The van der Waals surface area contributed by atoms with E-state index < -0.39 is 350 Å². The maximum absolute atomic E-state index is 11.6. The van der Waals surface area contributed by atoms with Gasteiger partial charge in [0.2, 0.25) is 0 Å². The van der Waals surface area contributed by atoms with Gasteiger partial charge >= 0.3 is 0 Å². The Morgan fingerprint density at radius 2 is 0.990 bits per heavy atom. The van der Waals surface area contributed by atoms with Gasteiger partial charge in [0.25, 0.3) is 6.33 Å². The molecule has 0 aliphatic rings. The predicted molar refractivity (Wildman–Crippen MR) is 424 cm³/mol. The van der Waals surface area contributed by atoms with E-state index in [1.54, 1.807) is 18.3 Å². The minimum Gasteiger partial charge on any atom is -0.510 e. The molecule has 0 unspecified atom stereocenters. The number of fused-ring (bicyclic) bond motifs is 4. The molecular formula is C96H72N4OPtSi-2. The molecule has 17 aromatic rings. The van der Waals surface area contributed by atoms with Crippen LogP contribution in [-0.4, -0.2) is 22.2 Å². The van der Waals surface area contributed by atoms with Crippen molar-refractivity contribution in [2.45, 2.75) is 39.9 Å². The van der Waals surface area contributed by atoms with E-state index in [1.807, 2.05) is 61.7 Å². The average Bonchev–Trinajstić information content (AvgIpc) is 0.963. The Morgan fingerprint density at radius 1 is 0.447 bits per heavy atom. The summed E-state index contributed by atoms with van der Waals surface area (Å²) in [6, 6.07) is -13.7. The number of para-hydroxylation sites is 1. The van der Waals surface area contributed by atoms with Gasteiger partial charge < -0.3 is 13.9 Å². The van der Waals surface area contributed by atoms with Crippen LogP contribution in [0.5, 0.6) is 11.5 Å². The van der Waals surface area contributed by atoms with Crippen LogP contribution in [0.25, 0.3) is 117 Å². The van der Waals surface area contributed by atoms with Crippen LogP contribution >= 0.6 is 0 Å². The summed E-state index contributed by atoms with van der Waals surface area (Å²) in [6.45, 7) is -0.222. The fourth-order valence-corrected chi connectivity index (χ4v) is 16.1. The number of hydrogen-bond acceptors (Lipinski definition) is 2. The van der Waals surface area contributed by atoms with Crippen molar-refractivity contribution in [3.63, 3.8) is 0 Å². The number of imidazole rings is 1. The van der Waals surface area contributed by atoms with Crippen molar-refractivity contribution in [1.82, 2.24) is 14.1 Å². The third-order valence-corrected chi connectivity index (χ3v) is 21.2. The van der Waals surface area contributed by atoms with Crippen molar-refractivity contribution in [3.05, 3.63) is 380 Å². The summed E-state index contributed by atoms with van der Waals surface area (Å²) < 4.78 is 425. The first-order valence-electron chi connectivity index (χ1n) is 53.0. The summed E-state index contributed by atoms with van der Waals surface area (Å²) >= 11 is 0. The normalized spacial score (nSPS) is 17.8. The molecule has 7 heteroatoms. The van der Waals surface area contributed by atoms with Gasteiger partial charge in [0.05, 0.1) is 67.4 Å². The molecule has 3 heterocycles. The predicted octanol–water partition coefficient (Wildman–Crippen LogP) is 20.9. The third kappa shape index (κ3) is 12.3. The number of hydrogen-bond donors (Lipinski definition) is 0. The minimum absolute atomic E-state index is 0. The molecule has 0 fully saturated rings. The van der Waals surface area contributed by atoms with E-state index in [1.165, 1.54) is 42.5 Å². The molecule has 0 saturated carbocycles. The van der Waals surface area contributed by atoms with Gasteiger partial charge in [0.15, 0.2) is 8.07 Å². The summed E-state index contributed by atoms with van der Waals surface area (Å²) in [7, 11) is -6.99. The first-order valence-corrected chi connectivity index (χ1v) is 33.5. The Labute approximate surface area is 678 Å². The topological polar surface area (TPSA) is 35.9 Å². The van der Waals surface area contributed by atoms with Gasteiger partial charge in [-0.3, -0.25) is 4.57 Å². The second-order valence-electron chi connectivity index (χ2n) is 24.2. The molecule has 14 aromatic carbocycles. The Hall–Kier alpha value is -11.8. The molecule has 498 valence electrons. The fourth-order valence-electron chi connectivity index (χ4n) is 12.5. The van der Waals surface area contributed by atoms with Gasteiger partial charge in [0.1, 0.15) is 5.82 Å². The van der Waals surface area contributed by atoms with E-state index in [2.05, 4.69) is 18.5 Å². The smallest absolute Gasteiger partial charge is 0.268 e. The van der Waals surface area contributed by atoms with Crippen LogP contribution in [-0.2, 0) is 26.5 Å². The van der Waals surface area contributed by atoms with E-state index >= 15 is 0 Å². The average molecular weight is 1560 g/mol. The maximum atomic E-state index is 11.6. The largest absolute Gasteiger partial charge is 0.510 e. The molecule has 17 rings (SSSR count). The van der Waals surface area contributed by atoms with Crippen LogP contribution in [0, 0.1) is 32.2 Å². The molecule has 0 amide bonds. The summed E-state index contributed by atoms with van der Waals surface area (Å²) in [5.74, 6) is 0.370. The van der Waals surface area contributed by atoms with Crippen LogP contribution in [0.2, 0.25) is 0 Å². The number of benzene rings is 14. The van der Waals surface area contributed by atoms with Crippen molar-refractivity contribution in [3.8, 4) is 95.5 Å². The maximum Gasteiger partial charge on any atom is 0.268 e. The molecule has 103 heavy (non-hydrogen) atoms. The van der Waals surface area contributed by atoms with Gasteiger partial charge in [-0.05, 0) is 189 Å². The van der Waals surface area contributed by atoms with Gasteiger partial charge in [-0.1, -0.05) is 280 Å². The van der Waals surface area contributed by atoms with Crippen molar-refractivity contribution < 1.29 is 89.3 Å². The standard InChI is InChI=1S/C96H72N4OSi.Pt/c1-66-29-26-30-67(2)94(66)72-49-52-90-92(61-72)98(78-38-28-39-79(63-78)101-80-50-51-86-85-47-24-25-48-89(85)100(91(86)64-80)93-62-77(53-54-97-93)96(3,4)5)65-99(90)95-87(71-37-27-46-84(58-71)102(81-40-18-9-19-41-81,82-42-20-10-21-43-82)83-44-22-11-23-45-83)59-75(70-35-16-8-17-36-70)60-88(95)76-56-73(68-31-12-6-13-32-68)55-74(57-76)69-33-14-7-15-34-69;/h6-62H,1-5H3;/q-2;/i1D3,2D3,6D,7D,8D,9D,10D,11D,12D,13D,14D,15D,16D,17D,18D,19D,20D,21D,22D,23D,27D,31D,32D,33D,34D,35D,36D,37D,40D,41D,42D,43D,44D,45D,46D,55D,56D,57D,58D;. The first kappa shape index (κ1) is 33.3. The van der Waals surface area contributed by atoms with Crippen LogP contribution in [0.3, 0.4) is 0 Å². The minimum atomic E-state index is -6.99. The zero-order chi connectivity index (χ0) is 106. The van der Waals surface area contributed by atoms with E-state index in [0.29, 0.717) is 16.7 Å². The third-order valence-electron chi connectivity index (χ3n) is 17.2. The Kier molecular flexibility index (Phi) is 8.94. The summed E-state index contributed by atoms with van der Waals surface area (Å²) in [4.78, 5) is 4.81. The number of ether oxygens (including phenoxy) is 1. The van der Waals surface area contributed by atoms with Crippen LogP contribution in [0.15, 0.2) is 345 Å². The fraction of sp³-hybridized carbons (Fsp3) is 0.0625. The molecule has 3 aromatic heterocycles. The van der Waals surface area contributed by atoms with Crippen LogP contribution in [0.1, 0.15) is 96.4 Å². The zero-order valence-electron chi connectivity index (χ0n) is 97.1. The van der Waals surface area contributed by atoms with Crippen molar-refractivity contribution in [2.24, 2.45) is 0 Å². The second-order valence-corrected chi connectivity index (χ2v) is 27.7. The molecule has 0 aliphatic carbocycles. The quantitative estimate of drug-likeness (QED) is 0.0444. The van der Waals surface area contributed by atoms with Gasteiger partial charge in [-0.25, -0.2) is 4.98 Å². The van der Waals surface area contributed by atoms with E-state index in [0.717, 1.165) is 49.9 Å². The van der Waals surface area contributed by atoms with Gasteiger partial charge in [-0.15, -0.1) is 29.7 Å². The van der Waals surface area contributed by atoms with Crippen LogP contribution in [0.4, 0.5) is 0 Å². The molecule has 0 atom stereocenters. The SMILES string of the molecule is [2H]c1c([2H])c([2H])c(-c2cc(-c3c([2H])c(-c4c([2H])c([2H])c([2H])c([2H])c4[2H])c([2H])c(-c4c([2H])c([2H])c([2H])c([2H])c4[2H])c3[2H])c(-[n+]3[c-]n(-c4[c-]c(Oc5[c-]c6c(cc5)c5ccccc5n6-c5cc(C(C)(C)C)ccn5)ccc4)c4cc(-c5c(C([2H])([2H])[2H])cccc5C([2H])([2H])[2H])ccc43)c(-c3c([2H])c([2H])c([2H])c([Si](c4c([2H])c([2H])c([2H])c([2H])c4[2H])(c4c([2H])c([2H])c([2H])c([2H])c4[2H])c4c([2H])c([2H])c([2H])c([2H])c4[2H])c3[2H])c2)c([2H])c1[2H].[Pt]. The van der Waals surface area contributed by atoms with Crippen molar-refractivity contribution >= 4 is 61.7 Å². The molecule has 0 aliphatic heterocycles. The monoisotopic (exact) mass is 1560 g/mol. The number of nitrogens with zero attached hydrogens (tertiary/aromatic N) is 4. The molecule has 0 radical (unpaired) electrons. The Morgan fingerprint density at radius 3 is 1.60 bits per heavy atom. The second kappa shape index (κ2) is 27.6.